The molecule has 0 fully saturated rings. The van der Waals surface area contributed by atoms with Crippen LogP contribution < -0.4 is 0 Å². The van der Waals surface area contributed by atoms with Crippen molar-refractivity contribution in [1.29, 1.82) is 0 Å². The molecule has 1 unspecified atom stereocenters. The van der Waals surface area contributed by atoms with Crippen LogP contribution >= 0.6 is 0 Å². The Labute approximate surface area is 88.7 Å². The second-order valence-corrected chi connectivity index (χ2v) is 3.59. The van der Waals surface area contributed by atoms with Gasteiger partial charge in [-0.2, -0.15) is 0 Å². The van der Waals surface area contributed by atoms with Gasteiger partial charge in [0, 0.05) is 11.1 Å². The molecule has 0 aliphatic rings. The summed E-state index contributed by atoms with van der Waals surface area (Å²) in [7, 11) is 0. The number of hydrogen-bond donors (Lipinski definition) is 1. The zero-order chi connectivity index (χ0) is 11.6. The molecule has 80 valence electrons. The zero-order valence-electron chi connectivity index (χ0n) is 9.07. The standard InChI is InChI=1S/C12H14O3/c1-7(13)10-4-5-11(8(2)14)12(6-10)9(3)15/h4-7,13H,1-3H3. The molecule has 3 heteroatoms. The summed E-state index contributed by atoms with van der Waals surface area (Å²) in [5.74, 6) is -0.306. The molecule has 0 aliphatic heterocycles. The topological polar surface area (TPSA) is 54.4 Å². The third kappa shape index (κ3) is 2.50. The maximum Gasteiger partial charge on any atom is 0.160 e. The van der Waals surface area contributed by atoms with Crippen molar-refractivity contribution in [2.45, 2.75) is 26.9 Å². The summed E-state index contributed by atoms with van der Waals surface area (Å²) in [5, 5.41) is 9.36. The first-order chi connectivity index (χ1) is 6.93. The molecule has 0 saturated carbocycles. The lowest BCUT2D eigenvalue weighted by molar-refractivity contribution is 0.0980. The number of hydrogen-bond acceptors (Lipinski definition) is 3. The Hall–Kier alpha value is -1.48. The smallest absolute Gasteiger partial charge is 0.160 e. The van der Waals surface area contributed by atoms with E-state index in [1.54, 1.807) is 25.1 Å². The SMILES string of the molecule is CC(=O)c1ccc(C(C)O)cc1C(C)=O. The van der Waals surface area contributed by atoms with Crippen LogP contribution in [0.25, 0.3) is 0 Å². The fourth-order valence-corrected chi connectivity index (χ4v) is 1.42. The van der Waals surface area contributed by atoms with Gasteiger partial charge in [-0.1, -0.05) is 12.1 Å². The summed E-state index contributed by atoms with van der Waals surface area (Å²) in [4.78, 5) is 22.5. The third-order valence-corrected chi connectivity index (χ3v) is 2.28. The Morgan fingerprint density at radius 3 is 2.07 bits per heavy atom. The van der Waals surface area contributed by atoms with Crippen LogP contribution in [0.15, 0.2) is 18.2 Å². The van der Waals surface area contributed by atoms with Crippen LogP contribution in [0, 0.1) is 0 Å². The number of carbonyl (C=O) groups is 2. The van der Waals surface area contributed by atoms with Gasteiger partial charge < -0.3 is 5.11 Å². The molecule has 0 saturated heterocycles. The average molecular weight is 206 g/mol. The Balaban J connectivity index is 3.33. The minimum atomic E-state index is -0.635. The van der Waals surface area contributed by atoms with E-state index in [2.05, 4.69) is 0 Å². The molecular weight excluding hydrogens is 192 g/mol. The van der Waals surface area contributed by atoms with Crippen LogP contribution in [-0.4, -0.2) is 16.7 Å². The molecule has 15 heavy (non-hydrogen) atoms. The highest BCUT2D eigenvalue weighted by Crippen LogP contribution is 2.18. The number of aliphatic hydroxyl groups excluding tert-OH is 1. The lowest BCUT2D eigenvalue weighted by Crippen LogP contribution is -2.06. The van der Waals surface area contributed by atoms with Gasteiger partial charge in [-0.05, 0) is 32.4 Å². The van der Waals surface area contributed by atoms with Crippen molar-refractivity contribution in [2.75, 3.05) is 0 Å². The molecule has 0 bridgehead atoms. The van der Waals surface area contributed by atoms with Gasteiger partial charge in [0.15, 0.2) is 11.6 Å². The van der Waals surface area contributed by atoms with E-state index in [0.717, 1.165) is 0 Å². The zero-order valence-corrected chi connectivity index (χ0v) is 9.07. The van der Waals surface area contributed by atoms with Crippen LogP contribution in [0.4, 0.5) is 0 Å². The van der Waals surface area contributed by atoms with Crippen molar-refractivity contribution < 1.29 is 14.7 Å². The van der Waals surface area contributed by atoms with Crippen molar-refractivity contribution in [2.24, 2.45) is 0 Å². The first-order valence-corrected chi connectivity index (χ1v) is 4.77. The fraction of sp³-hybridized carbons (Fsp3) is 0.333. The minimum Gasteiger partial charge on any atom is -0.389 e. The molecule has 3 nitrogen and oxygen atoms in total. The number of carbonyl (C=O) groups excluding carboxylic acids is 2. The van der Waals surface area contributed by atoms with Crippen LogP contribution in [-0.2, 0) is 0 Å². The fourth-order valence-electron chi connectivity index (χ4n) is 1.42. The predicted molar refractivity (Wildman–Crippen MR) is 57.1 cm³/mol. The lowest BCUT2D eigenvalue weighted by atomic mass is 9.97. The number of benzene rings is 1. The van der Waals surface area contributed by atoms with E-state index in [9.17, 15) is 14.7 Å². The van der Waals surface area contributed by atoms with Gasteiger partial charge in [0.2, 0.25) is 0 Å². The molecule has 0 heterocycles. The summed E-state index contributed by atoms with van der Waals surface area (Å²) in [6.07, 6.45) is -0.635. The maximum atomic E-state index is 11.3. The van der Waals surface area contributed by atoms with Crippen LogP contribution in [0.5, 0.6) is 0 Å². The Bertz CT molecular complexity index is 405. The minimum absolute atomic E-state index is 0.141. The molecule has 0 amide bonds. The summed E-state index contributed by atoms with van der Waals surface area (Å²) >= 11 is 0. The van der Waals surface area contributed by atoms with Gasteiger partial charge in [-0.3, -0.25) is 9.59 Å². The van der Waals surface area contributed by atoms with Crippen LogP contribution in [0.3, 0.4) is 0 Å². The van der Waals surface area contributed by atoms with Gasteiger partial charge >= 0.3 is 0 Å². The van der Waals surface area contributed by atoms with Gasteiger partial charge in [0.1, 0.15) is 0 Å². The van der Waals surface area contributed by atoms with Crippen LogP contribution in [0.2, 0.25) is 0 Å². The lowest BCUT2D eigenvalue weighted by Gasteiger charge is -2.09. The molecule has 0 radical (unpaired) electrons. The quantitative estimate of drug-likeness (QED) is 0.771. The monoisotopic (exact) mass is 206 g/mol. The Morgan fingerprint density at radius 1 is 1.13 bits per heavy atom. The predicted octanol–water partition coefficient (Wildman–Crippen LogP) is 2.15. The molecular formula is C12H14O3. The van der Waals surface area contributed by atoms with Gasteiger partial charge in [0.05, 0.1) is 6.10 Å². The molecule has 1 rings (SSSR count). The van der Waals surface area contributed by atoms with E-state index < -0.39 is 6.10 Å². The largest absolute Gasteiger partial charge is 0.389 e. The van der Waals surface area contributed by atoms with Crippen molar-refractivity contribution in [3.63, 3.8) is 0 Å². The number of aliphatic hydroxyl groups is 1. The van der Waals surface area contributed by atoms with E-state index in [1.165, 1.54) is 13.8 Å². The second kappa shape index (κ2) is 4.36. The highest BCUT2D eigenvalue weighted by atomic mass is 16.3. The molecule has 0 aliphatic carbocycles. The van der Waals surface area contributed by atoms with Crippen LogP contribution in [0.1, 0.15) is 53.2 Å². The van der Waals surface area contributed by atoms with E-state index >= 15 is 0 Å². The van der Waals surface area contributed by atoms with Crippen molar-refractivity contribution in [3.05, 3.63) is 34.9 Å². The summed E-state index contributed by atoms with van der Waals surface area (Å²) in [6.45, 7) is 4.45. The van der Waals surface area contributed by atoms with Gasteiger partial charge in [-0.25, -0.2) is 0 Å². The summed E-state index contributed by atoms with van der Waals surface area (Å²) in [5.41, 5.74) is 1.43. The van der Waals surface area contributed by atoms with Crippen molar-refractivity contribution in [1.82, 2.24) is 0 Å². The highest BCUT2D eigenvalue weighted by molar-refractivity contribution is 6.07. The Morgan fingerprint density at radius 2 is 1.67 bits per heavy atom. The third-order valence-electron chi connectivity index (χ3n) is 2.28. The normalized spacial score (nSPS) is 12.3. The van der Waals surface area contributed by atoms with Crippen molar-refractivity contribution >= 4 is 11.6 Å². The molecule has 0 aromatic heterocycles. The average Bonchev–Trinajstić information content (AvgIpc) is 2.16. The van der Waals surface area contributed by atoms with E-state index in [-0.39, 0.29) is 11.6 Å². The first-order valence-electron chi connectivity index (χ1n) is 4.77. The van der Waals surface area contributed by atoms with Gasteiger partial charge in [0.25, 0.3) is 0 Å². The second-order valence-electron chi connectivity index (χ2n) is 3.59. The Kier molecular flexibility index (Phi) is 3.37. The molecule has 1 aromatic carbocycles. The van der Waals surface area contributed by atoms with Crippen molar-refractivity contribution in [3.8, 4) is 0 Å². The molecule has 1 aromatic rings. The molecule has 1 atom stereocenters. The van der Waals surface area contributed by atoms with E-state index in [0.29, 0.717) is 16.7 Å². The van der Waals surface area contributed by atoms with Gasteiger partial charge in [-0.15, -0.1) is 0 Å². The molecule has 1 N–H and O–H groups in total. The van der Waals surface area contributed by atoms with E-state index in [4.69, 9.17) is 0 Å². The number of ketones is 2. The van der Waals surface area contributed by atoms with E-state index in [1.807, 2.05) is 0 Å². The first kappa shape index (κ1) is 11.6. The number of Topliss-reactive ketones (excluding diaryl/α,β-unsaturated/α-hetero) is 2. The highest BCUT2D eigenvalue weighted by Gasteiger charge is 2.13. The summed E-state index contributed by atoms with van der Waals surface area (Å²) in [6, 6.07) is 4.82. The summed E-state index contributed by atoms with van der Waals surface area (Å²) < 4.78 is 0. The maximum absolute atomic E-state index is 11.3. The number of rotatable bonds is 3. The molecule has 0 spiro atoms.